The molecule has 1 nitrogen and oxygen atoms in total. The maximum Gasteiger partial charge on any atom is 0.114 e. The van der Waals surface area contributed by atoms with E-state index >= 15 is 0 Å². The summed E-state index contributed by atoms with van der Waals surface area (Å²) in [7, 11) is 1.71. The van der Waals surface area contributed by atoms with E-state index in [0.29, 0.717) is 5.92 Å². The average Bonchev–Trinajstić information content (AvgIpc) is 2.65. The second-order valence-electron chi connectivity index (χ2n) is 3.44. The monoisotopic (exact) mass is 206 g/mol. The third-order valence-electron chi connectivity index (χ3n) is 2.60. The second-order valence-corrected chi connectivity index (χ2v) is 4.56. The van der Waals surface area contributed by atoms with Gasteiger partial charge in [-0.25, -0.2) is 0 Å². The fourth-order valence-electron chi connectivity index (χ4n) is 1.76. The van der Waals surface area contributed by atoms with E-state index in [0.717, 1.165) is 12.2 Å². The van der Waals surface area contributed by atoms with Crippen molar-refractivity contribution in [1.82, 2.24) is 0 Å². The summed E-state index contributed by atoms with van der Waals surface area (Å²) in [5.74, 6) is 1.52. The lowest BCUT2D eigenvalue weighted by molar-refractivity contribution is 0.303. The molecule has 1 heterocycles. The molecular formula is C12H14OS. The lowest BCUT2D eigenvalue weighted by atomic mass is 9.93. The summed E-state index contributed by atoms with van der Waals surface area (Å²) < 4.78 is 5.16. The zero-order chi connectivity index (χ0) is 9.97. The van der Waals surface area contributed by atoms with Gasteiger partial charge in [0.05, 0.1) is 7.11 Å². The first-order valence-corrected chi connectivity index (χ1v) is 5.65. The number of aryl methyl sites for hydroxylation is 1. The van der Waals surface area contributed by atoms with Gasteiger partial charge in [-0.3, -0.25) is 0 Å². The average molecular weight is 206 g/mol. The SMILES string of the molecule is COC1=CCC(c2ccsc2C)C=C1. The van der Waals surface area contributed by atoms with Gasteiger partial charge < -0.3 is 4.74 Å². The zero-order valence-electron chi connectivity index (χ0n) is 8.49. The van der Waals surface area contributed by atoms with Crippen LogP contribution in [0.4, 0.5) is 0 Å². The van der Waals surface area contributed by atoms with Crippen molar-refractivity contribution in [3.8, 4) is 0 Å². The van der Waals surface area contributed by atoms with Gasteiger partial charge in [-0.15, -0.1) is 11.3 Å². The van der Waals surface area contributed by atoms with Gasteiger partial charge >= 0.3 is 0 Å². The molecule has 14 heavy (non-hydrogen) atoms. The summed E-state index contributed by atoms with van der Waals surface area (Å²) in [6.45, 7) is 2.18. The highest BCUT2D eigenvalue weighted by Crippen LogP contribution is 2.31. The molecule has 1 atom stereocenters. The van der Waals surface area contributed by atoms with Crippen LogP contribution < -0.4 is 0 Å². The van der Waals surface area contributed by atoms with Crippen LogP contribution in [0.25, 0.3) is 0 Å². The molecule has 1 aliphatic rings. The standard InChI is InChI=1S/C12H14OS/c1-9-12(7-8-14-9)10-3-5-11(13-2)6-4-10/h3,5-8,10H,4H2,1-2H3. The maximum atomic E-state index is 5.16. The van der Waals surface area contributed by atoms with Crippen LogP contribution in [-0.4, -0.2) is 7.11 Å². The Morgan fingerprint density at radius 3 is 2.86 bits per heavy atom. The number of ether oxygens (including phenoxy) is 1. The number of thiophene rings is 1. The van der Waals surface area contributed by atoms with Gasteiger partial charge in [-0.1, -0.05) is 6.08 Å². The number of allylic oxidation sites excluding steroid dienone is 3. The molecule has 0 saturated carbocycles. The minimum atomic E-state index is 0.542. The lowest BCUT2D eigenvalue weighted by Crippen LogP contribution is -1.99. The van der Waals surface area contributed by atoms with Crippen molar-refractivity contribution in [2.75, 3.05) is 7.11 Å². The van der Waals surface area contributed by atoms with Crippen LogP contribution in [-0.2, 0) is 4.74 Å². The Morgan fingerprint density at radius 2 is 2.36 bits per heavy atom. The Hall–Kier alpha value is -1.02. The van der Waals surface area contributed by atoms with Crippen molar-refractivity contribution < 1.29 is 4.74 Å². The van der Waals surface area contributed by atoms with Crippen LogP contribution in [0, 0.1) is 6.92 Å². The molecule has 0 fully saturated rings. The minimum absolute atomic E-state index is 0.542. The first-order chi connectivity index (χ1) is 6.81. The predicted octanol–water partition coefficient (Wildman–Crippen LogP) is 3.63. The molecule has 0 saturated heterocycles. The molecular weight excluding hydrogens is 192 g/mol. The molecule has 1 aromatic rings. The van der Waals surface area contributed by atoms with Gasteiger partial charge in [0.15, 0.2) is 0 Å². The minimum Gasteiger partial charge on any atom is -0.497 e. The van der Waals surface area contributed by atoms with Crippen LogP contribution in [0.5, 0.6) is 0 Å². The van der Waals surface area contributed by atoms with E-state index in [-0.39, 0.29) is 0 Å². The largest absolute Gasteiger partial charge is 0.497 e. The smallest absolute Gasteiger partial charge is 0.114 e. The molecule has 1 unspecified atom stereocenters. The molecule has 2 rings (SSSR count). The van der Waals surface area contributed by atoms with E-state index in [1.54, 1.807) is 7.11 Å². The van der Waals surface area contributed by atoms with Crippen LogP contribution in [0.2, 0.25) is 0 Å². The van der Waals surface area contributed by atoms with E-state index in [1.165, 1.54) is 10.4 Å². The Balaban J connectivity index is 2.15. The number of hydrogen-bond acceptors (Lipinski definition) is 2. The van der Waals surface area contributed by atoms with Crippen LogP contribution in [0.15, 0.2) is 35.4 Å². The summed E-state index contributed by atoms with van der Waals surface area (Å²) in [6, 6.07) is 2.22. The summed E-state index contributed by atoms with van der Waals surface area (Å²) >= 11 is 1.82. The van der Waals surface area contributed by atoms with Crippen molar-refractivity contribution >= 4 is 11.3 Å². The fourth-order valence-corrected chi connectivity index (χ4v) is 2.54. The first-order valence-electron chi connectivity index (χ1n) is 4.77. The molecule has 2 heteroatoms. The van der Waals surface area contributed by atoms with Crippen LogP contribution in [0.3, 0.4) is 0 Å². The van der Waals surface area contributed by atoms with Crippen molar-refractivity contribution in [2.24, 2.45) is 0 Å². The molecule has 1 aromatic heterocycles. The topological polar surface area (TPSA) is 9.23 Å². The highest BCUT2D eigenvalue weighted by atomic mass is 32.1. The van der Waals surface area contributed by atoms with Crippen molar-refractivity contribution in [3.05, 3.63) is 45.9 Å². The summed E-state index contributed by atoms with van der Waals surface area (Å²) in [5, 5.41) is 2.16. The first kappa shape index (κ1) is 9.53. The molecule has 0 amide bonds. The van der Waals surface area contributed by atoms with Gasteiger partial charge in [-0.05, 0) is 42.5 Å². The van der Waals surface area contributed by atoms with Crippen molar-refractivity contribution in [2.45, 2.75) is 19.3 Å². The van der Waals surface area contributed by atoms with E-state index in [2.05, 4.69) is 36.6 Å². The third kappa shape index (κ3) is 1.75. The second kappa shape index (κ2) is 4.01. The van der Waals surface area contributed by atoms with Crippen molar-refractivity contribution in [3.63, 3.8) is 0 Å². The van der Waals surface area contributed by atoms with E-state index in [1.807, 2.05) is 11.3 Å². The number of rotatable bonds is 2. The summed E-state index contributed by atoms with van der Waals surface area (Å²) in [6.07, 6.45) is 7.50. The summed E-state index contributed by atoms with van der Waals surface area (Å²) in [5.41, 5.74) is 1.46. The Bertz CT molecular complexity index is 373. The van der Waals surface area contributed by atoms with Gasteiger partial charge in [0.2, 0.25) is 0 Å². The fraction of sp³-hybridized carbons (Fsp3) is 0.333. The van der Waals surface area contributed by atoms with Gasteiger partial charge in [0.1, 0.15) is 5.76 Å². The van der Waals surface area contributed by atoms with E-state index in [9.17, 15) is 0 Å². The maximum absolute atomic E-state index is 5.16. The molecule has 0 spiro atoms. The predicted molar refractivity (Wildman–Crippen MR) is 60.6 cm³/mol. The third-order valence-corrected chi connectivity index (χ3v) is 3.46. The quantitative estimate of drug-likeness (QED) is 0.718. The van der Waals surface area contributed by atoms with Crippen LogP contribution in [0.1, 0.15) is 22.8 Å². The van der Waals surface area contributed by atoms with E-state index < -0.39 is 0 Å². The van der Waals surface area contributed by atoms with Gasteiger partial charge in [0, 0.05) is 10.8 Å². The molecule has 0 radical (unpaired) electrons. The van der Waals surface area contributed by atoms with Gasteiger partial charge in [-0.2, -0.15) is 0 Å². The highest BCUT2D eigenvalue weighted by molar-refractivity contribution is 7.10. The van der Waals surface area contributed by atoms with Crippen molar-refractivity contribution in [1.29, 1.82) is 0 Å². The molecule has 0 aromatic carbocycles. The zero-order valence-corrected chi connectivity index (χ0v) is 9.30. The Morgan fingerprint density at radius 1 is 1.50 bits per heavy atom. The number of hydrogen-bond donors (Lipinski definition) is 0. The van der Waals surface area contributed by atoms with Crippen LogP contribution >= 0.6 is 11.3 Å². The molecule has 1 aliphatic carbocycles. The van der Waals surface area contributed by atoms with Gasteiger partial charge in [0.25, 0.3) is 0 Å². The van der Waals surface area contributed by atoms with E-state index in [4.69, 9.17) is 4.74 Å². The molecule has 0 N–H and O–H groups in total. The number of methoxy groups -OCH3 is 1. The molecule has 0 aliphatic heterocycles. The normalized spacial score (nSPS) is 20.7. The lowest BCUT2D eigenvalue weighted by Gasteiger charge is -2.15. The molecule has 0 bridgehead atoms. The molecule has 74 valence electrons. The highest BCUT2D eigenvalue weighted by Gasteiger charge is 2.13. The Kier molecular flexibility index (Phi) is 2.73. The summed E-state index contributed by atoms with van der Waals surface area (Å²) in [4.78, 5) is 1.42. The Labute approximate surface area is 88.7 Å².